The van der Waals surface area contributed by atoms with Crippen molar-refractivity contribution < 1.29 is 0 Å². The number of hydrogen-bond donors (Lipinski definition) is 0. The molecule has 0 atom stereocenters. The second kappa shape index (κ2) is 20.4. The van der Waals surface area contributed by atoms with Crippen molar-refractivity contribution in [3.05, 3.63) is 252 Å². The Bertz CT molecular complexity index is 3480. The molecule has 0 aliphatic rings. The van der Waals surface area contributed by atoms with Crippen LogP contribution in [0.25, 0.3) is 67.8 Å². The van der Waals surface area contributed by atoms with E-state index in [0.717, 1.165) is 67.3 Å². The van der Waals surface area contributed by atoms with Crippen LogP contribution in [0.4, 0.5) is 34.6 Å². The Kier molecular flexibility index (Phi) is 12.9. The zero-order valence-electron chi connectivity index (χ0n) is 42.4. The van der Waals surface area contributed by atoms with Gasteiger partial charge in [0.15, 0.2) is 23.3 Å². The van der Waals surface area contributed by atoms with Gasteiger partial charge in [0.25, 0.3) is 0 Å². The fourth-order valence-corrected chi connectivity index (χ4v) is 10.00. The Hall–Kier alpha value is -9.40. The monoisotopic (exact) mass is 958 g/mol. The molecule has 0 unspecified atom stereocenters. The minimum absolute atomic E-state index is 0.344. The summed E-state index contributed by atoms with van der Waals surface area (Å²) in [5.41, 5.74) is 19.1. The van der Waals surface area contributed by atoms with Gasteiger partial charge in [0.2, 0.25) is 11.9 Å². The topological polar surface area (TPSA) is 83.8 Å². The van der Waals surface area contributed by atoms with Gasteiger partial charge >= 0.3 is 0 Å². The number of nitrogens with zero attached hydrogens (tertiary/aromatic N) is 8. The molecule has 358 valence electrons. The van der Waals surface area contributed by atoms with Crippen LogP contribution in [-0.4, -0.2) is 29.9 Å². The lowest BCUT2D eigenvalue weighted by molar-refractivity contribution is 0.964. The highest BCUT2D eigenvalue weighted by Gasteiger charge is 2.26. The fraction of sp³-hybridized carbons (Fsp3) is 0.0909. The number of hydrogen-bond acceptors (Lipinski definition) is 8. The molecule has 0 saturated heterocycles. The molecule has 0 bridgehead atoms. The largest absolute Gasteiger partial charge is 0.309 e. The molecule has 8 nitrogen and oxygen atoms in total. The van der Waals surface area contributed by atoms with Crippen LogP contribution in [-0.2, 0) is 0 Å². The molecule has 11 rings (SSSR count). The number of aromatic nitrogens is 6. The molecule has 0 fully saturated rings. The van der Waals surface area contributed by atoms with Crippen molar-refractivity contribution in [3.63, 3.8) is 0 Å². The average molecular weight is 959 g/mol. The summed E-state index contributed by atoms with van der Waals surface area (Å²) in [6.07, 6.45) is 0. The van der Waals surface area contributed by atoms with Crippen LogP contribution in [0.15, 0.2) is 218 Å². The highest BCUT2D eigenvalue weighted by atomic mass is 15.4. The SMILES string of the molecule is Cc1cc(C)c(N(c2ccc(N(c3nc(-c4ccccc4)nc(-c4ccc(-c5ccccc5)cc4)n3)c3nc(-c4ccccc4)nc(-c4ccc(-c5ccccc5)cc4)n3)cc2)c2c(C)cc(C)cc2C)c(C)c1. The summed E-state index contributed by atoms with van der Waals surface area (Å²) in [5.74, 6) is 2.72. The Labute approximate surface area is 433 Å². The van der Waals surface area contributed by atoms with Gasteiger partial charge in [0, 0.05) is 27.9 Å². The zero-order chi connectivity index (χ0) is 50.7. The molecule has 0 saturated carbocycles. The van der Waals surface area contributed by atoms with Crippen molar-refractivity contribution in [2.75, 3.05) is 9.80 Å². The van der Waals surface area contributed by atoms with E-state index in [-0.39, 0.29) is 0 Å². The second-order valence-electron chi connectivity index (χ2n) is 18.9. The molecule has 0 spiro atoms. The van der Waals surface area contributed by atoms with Crippen LogP contribution in [0.1, 0.15) is 33.4 Å². The Morgan fingerprint density at radius 1 is 0.243 bits per heavy atom. The first kappa shape index (κ1) is 47.0. The Balaban J connectivity index is 1.13. The van der Waals surface area contributed by atoms with E-state index in [1.807, 2.05) is 77.7 Å². The third-order valence-electron chi connectivity index (χ3n) is 13.3. The molecule has 0 N–H and O–H groups in total. The maximum absolute atomic E-state index is 5.34. The minimum Gasteiger partial charge on any atom is -0.309 e. The molecule has 0 amide bonds. The maximum atomic E-state index is 5.34. The maximum Gasteiger partial charge on any atom is 0.241 e. The van der Waals surface area contributed by atoms with Crippen LogP contribution in [0.2, 0.25) is 0 Å². The summed E-state index contributed by atoms with van der Waals surface area (Å²) in [6, 6.07) is 75.1. The second-order valence-corrected chi connectivity index (χ2v) is 18.9. The lowest BCUT2D eigenvalue weighted by Crippen LogP contribution is -2.19. The molecular weight excluding hydrogens is 905 g/mol. The number of rotatable bonds is 12. The lowest BCUT2D eigenvalue weighted by Gasteiger charge is -2.32. The molecule has 0 radical (unpaired) electrons. The first-order valence-electron chi connectivity index (χ1n) is 24.9. The van der Waals surface area contributed by atoms with Crippen LogP contribution in [0.3, 0.4) is 0 Å². The van der Waals surface area contributed by atoms with Gasteiger partial charge in [0.05, 0.1) is 17.1 Å². The van der Waals surface area contributed by atoms with Gasteiger partial charge in [-0.3, -0.25) is 0 Å². The average Bonchev–Trinajstić information content (AvgIpc) is 3.43. The van der Waals surface area contributed by atoms with Gasteiger partial charge in [-0.15, -0.1) is 0 Å². The molecular formula is C66H54N8. The van der Waals surface area contributed by atoms with Crippen molar-refractivity contribution in [3.8, 4) is 67.8 Å². The summed E-state index contributed by atoms with van der Waals surface area (Å²) in [7, 11) is 0. The van der Waals surface area contributed by atoms with E-state index in [0.29, 0.717) is 35.2 Å². The van der Waals surface area contributed by atoms with Crippen molar-refractivity contribution in [2.24, 2.45) is 0 Å². The van der Waals surface area contributed by atoms with Crippen molar-refractivity contribution in [2.45, 2.75) is 41.5 Å². The van der Waals surface area contributed by atoms with Gasteiger partial charge in [-0.25, -0.2) is 14.9 Å². The van der Waals surface area contributed by atoms with Gasteiger partial charge in [0.1, 0.15) is 0 Å². The Morgan fingerprint density at radius 3 is 0.797 bits per heavy atom. The van der Waals surface area contributed by atoms with E-state index in [1.165, 1.54) is 33.4 Å². The van der Waals surface area contributed by atoms with Crippen molar-refractivity contribution in [1.29, 1.82) is 0 Å². The number of benzene rings is 9. The standard InChI is InChI=1S/C66H54N8/c1-43-39-45(3)59(46(4)40-43)73(60-47(5)41-44(2)42-48(60)6)57-35-37-58(38-36-57)74(65-69-61(53-23-15-9-16-24-53)67-63(71-65)55-31-27-51(28-32-55)49-19-11-7-12-20-49)66-70-62(54-25-17-10-18-26-54)68-64(72-66)56-33-29-52(30-34-56)50-21-13-8-14-22-50/h7-42H,1-6H3. The van der Waals surface area contributed by atoms with E-state index in [1.54, 1.807) is 0 Å². The van der Waals surface area contributed by atoms with E-state index < -0.39 is 0 Å². The normalized spacial score (nSPS) is 11.1. The molecule has 74 heavy (non-hydrogen) atoms. The van der Waals surface area contributed by atoms with E-state index in [4.69, 9.17) is 29.9 Å². The molecule has 2 aromatic heterocycles. The molecule has 9 aromatic carbocycles. The van der Waals surface area contributed by atoms with Gasteiger partial charge in [-0.05, 0) is 110 Å². The fourth-order valence-electron chi connectivity index (χ4n) is 10.00. The van der Waals surface area contributed by atoms with Crippen LogP contribution < -0.4 is 9.80 Å². The number of anilines is 6. The van der Waals surface area contributed by atoms with E-state index in [9.17, 15) is 0 Å². The van der Waals surface area contributed by atoms with Crippen molar-refractivity contribution >= 4 is 34.6 Å². The minimum atomic E-state index is 0.344. The predicted molar refractivity (Wildman–Crippen MR) is 304 cm³/mol. The third-order valence-corrected chi connectivity index (χ3v) is 13.3. The van der Waals surface area contributed by atoms with Gasteiger partial charge in [-0.1, -0.05) is 205 Å². The van der Waals surface area contributed by atoms with Crippen LogP contribution in [0, 0.1) is 41.5 Å². The van der Waals surface area contributed by atoms with Gasteiger partial charge in [-0.2, -0.15) is 19.9 Å². The summed E-state index contributed by atoms with van der Waals surface area (Å²) >= 11 is 0. The lowest BCUT2D eigenvalue weighted by atomic mass is 9.99. The quantitative estimate of drug-likeness (QED) is 0.120. The zero-order valence-corrected chi connectivity index (χ0v) is 42.4. The highest BCUT2D eigenvalue weighted by molar-refractivity contribution is 5.85. The van der Waals surface area contributed by atoms with Gasteiger partial charge < -0.3 is 4.90 Å². The first-order chi connectivity index (χ1) is 36.1. The number of aryl methyl sites for hydroxylation is 6. The molecule has 8 heteroatoms. The molecule has 11 aromatic rings. The molecule has 0 aliphatic heterocycles. The highest BCUT2D eigenvalue weighted by Crippen LogP contribution is 2.44. The smallest absolute Gasteiger partial charge is 0.241 e. The Morgan fingerprint density at radius 2 is 0.486 bits per heavy atom. The summed E-state index contributed by atoms with van der Waals surface area (Å²) in [5, 5.41) is 0. The first-order valence-corrected chi connectivity index (χ1v) is 24.9. The molecule has 2 heterocycles. The summed E-state index contributed by atoms with van der Waals surface area (Å²) in [4.78, 5) is 35.9. The van der Waals surface area contributed by atoms with E-state index >= 15 is 0 Å². The third kappa shape index (κ3) is 9.69. The van der Waals surface area contributed by atoms with E-state index in [2.05, 4.69) is 192 Å². The molecule has 0 aliphatic carbocycles. The van der Waals surface area contributed by atoms with Crippen LogP contribution in [0.5, 0.6) is 0 Å². The van der Waals surface area contributed by atoms with Crippen LogP contribution >= 0.6 is 0 Å². The predicted octanol–water partition coefficient (Wildman–Crippen LogP) is 16.8. The summed E-state index contributed by atoms with van der Waals surface area (Å²) < 4.78 is 0. The summed E-state index contributed by atoms with van der Waals surface area (Å²) in [6.45, 7) is 13.1. The van der Waals surface area contributed by atoms with Crippen molar-refractivity contribution in [1.82, 2.24) is 29.9 Å².